The third-order valence-electron chi connectivity index (χ3n) is 2.98. The van der Waals surface area contributed by atoms with Crippen LogP contribution in [-0.2, 0) is 9.84 Å². The van der Waals surface area contributed by atoms with Crippen LogP contribution in [0, 0.1) is 12.3 Å². The van der Waals surface area contributed by atoms with Crippen molar-refractivity contribution in [2.45, 2.75) is 19.8 Å². The Morgan fingerprint density at radius 2 is 2.11 bits per heavy atom. The Morgan fingerprint density at radius 1 is 1.44 bits per heavy atom. The second-order valence-corrected chi connectivity index (χ2v) is 7.57. The second kappa shape index (κ2) is 4.66. The first-order chi connectivity index (χ1) is 8.28. The van der Waals surface area contributed by atoms with E-state index in [-0.39, 0.29) is 11.2 Å². The number of hydrogen-bond donors (Lipinski definition) is 1. The Hall–Kier alpha value is -0.880. The van der Waals surface area contributed by atoms with Gasteiger partial charge in [0.25, 0.3) is 0 Å². The van der Waals surface area contributed by atoms with Crippen LogP contribution < -0.4 is 5.32 Å². The van der Waals surface area contributed by atoms with E-state index < -0.39 is 9.84 Å². The Kier molecular flexibility index (Phi) is 3.51. The SMILES string of the molecule is Cc1nc(Cl)cc(NCC2(CS(C)(=O)=O)CC2)n1. The van der Waals surface area contributed by atoms with E-state index in [4.69, 9.17) is 11.6 Å². The van der Waals surface area contributed by atoms with Crippen molar-refractivity contribution >= 4 is 27.3 Å². The molecule has 0 amide bonds. The van der Waals surface area contributed by atoms with Crippen LogP contribution in [0.1, 0.15) is 18.7 Å². The lowest BCUT2D eigenvalue weighted by atomic mass is 10.1. The third-order valence-corrected chi connectivity index (χ3v) is 4.31. The lowest BCUT2D eigenvalue weighted by Gasteiger charge is -2.15. The zero-order valence-corrected chi connectivity index (χ0v) is 12.0. The van der Waals surface area contributed by atoms with Gasteiger partial charge in [-0.15, -0.1) is 0 Å². The molecule has 1 fully saturated rings. The fourth-order valence-electron chi connectivity index (χ4n) is 2.00. The molecule has 0 radical (unpaired) electrons. The number of sulfone groups is 1. The summed E-state index contributed by atoms with van der Waals surface area (Å²) < 4.78 is 22.7. The van der Waals surface area contributed by atoms with Crippen LogP contribution in [-0.4, -0.2) is 36.9 Å². The first kappa shape index (κ1) is 13.5. The highest BCUT2D eigenvalue weighted by molar-refractivity contribution is 7.90. The van der Waals surface area contributed by atoms with Crippen molar-refractivity contribution in [3.05, 3.63) is 17.0 Å². The molecule has 100 valence electrons. The molecule has 1 aromatic heterocycles. The summed E-state index contributed by atoms with van der Waals surface area (Å²) in [6.45, 7) is 2.37. The van der Waals surface area contributed by atoms with Crippen molar-refractivity contribution in [1.29, 1.82) is 0 Å². The van der Waals surface area contributed by atoms with Crippen LogP contribution in [0.15, 0.2) is 6.07 Å². The van der Waals surface area contributed by atoms with Crippen LogP contribution in [0.5, 0.6) is 0 Å². The number of aromatic nitrogens is 2. The van der Waals surface area contributed by atoms with Crippen LogP contribution >= 0.6 is 11.6 Å². The molecule has 18 heavy (non-hydrogen) atoms. The molecular formula is C11H16ClN3O2S. The quantitative estimate of drug-likeness (QED) is 0.835. The van der Waals surface area contributed by atoms with Gasteiger partial charge in [-0.1, -0.05) is 11.6 Å². The summed E-state index contributed by atoms with van der Waals surface area (Å²) in [5.41, 5.74) is -0.126. The van der Waals surface area contributed by atoms with Gasteiger partial charge in [0, 0.05) is 24.3 Å². The minimum atomic E-state index is -2.94. The third kappa shape index (κ3) is 3.81. The molecule has 0 spiro atoms. The Labute approximate surface area is 112 Å². The monoisotopic (exact) mass is 289 g/mol. The van der Waals surface area contributed by atoms with Crippen molar-refractivity contribution < 1.29 is 8.42 Å². The molecule has 0 bridgehead atoms. The largest absolute Gasteiger partial charge is 0.369 e. The van der Waals surface area contributed by atoms with E-state index >= 15 is 0 Å². The predicted octanol–water partition coefficient (Wildman–Crippen LogP) is 1.68. The van der Waals surface area contributed by atoms with Crippen LogP contribution in [0.3, 0.4) is 0 Å². The van der Waals surface area contributed by atoms with E-state index in [1.54, 1.807) is 13.0 Å². The Morgan fingerprint density at radius 3 is 2.61 bits per heavy atom. The van der Waals surface area contributed by atoms with Crippen LogP contribution in [0.4, 0.5) is 5.82 Å². The minimum Gasteiger partial charge on any atom is -0.369 e. The van der Waals surface area contributed by atoms with Gasteiger partial charge in [0.05, 0.1) is 5.75 Å². The summed E-state index contributed by atoms with van der Waals surface area (Å²) in [5.74, 6) is 1.47. The molecule has 1 aliphatic carbocycles. The molecule has 0 atom stereocenters. The minimum absolute atomic E-state index is 0.126. The van der Waals surface area contributed by atoms with Gasteiger partial charge in [0.1, 0.15) is 26.6 Å². The number of nitrogens with zero attached hydrogens (tertiary/aromatic N) is 2. The van der Waals surface area contributed by atoms with Crippen molar-refractivity contribution in [2.24, 2.45) is 5.41 Å². The molecule has 0 aliphatic heterocycles. The lowest BCUT2D eigenvalue weighted by molar-refractivity contribution is 0.560. The van der Waals surface area contributed by atoms with E-state index in [9.17, 15) is 8.42 Å². The van der Waals surface area contributed by atoms with Gasteiger partial charge < -0.3 is 5.32 Å². The average Bonchev–Trinajstić information content (AvgIpc) is 2.91. The van der Waals surface area contributed by atoms with Gasteiger partial charge in [-0.3, -0.25) is 0 Å². The number of rotatable bonds is 5. The van der Waals surface area contributed by atoms with Crippen LogP contribution in [0.2, 0.25) is 5.15 Å². The highest BCUT2D eigenvalue weighted by atomic mass is 35.5. The average molecular weight is 290 g/mol. The summed E-state index contributed by atoms with van der Waals surface area (Å²) >= 11 is 5.84. The van der Waals surface area contributed by atoms with E-state index in [2.05, 4.69) is 15.3 Å². The van der Waals surface area contributed by atoms with Crippen LogP contribution in [0.25, 0.3) is 0 Å². The Balaban J connectivity index is 1.99. The maximum absolute atomic E-state index is 11.3. The molecule has 2 rings (SSSR count). The molecule has 1 saturated carbocycles. The molecule has 7 heteroatoms. The first-order valence-corrected chi connectivity index (χ1v) is 8.15. The van der Waals surface area contributed by atoms with Gasteiger partial charge >= 0.3 is 0 Å². The molecule has 1 N–H and O–H groups in total. The van der Waals surface area contributed by atoms with Gasteiger partial charge in [0.15, 0.2) is 0 Å². The zero-order valence-electron chi connectivity index (χ0n) is 10.4. The summed E-state index contributed by atoms with van der Waals surface area (Å²) in [6, 6.07) is 1.64. The molecule has 1 aliphatic rings. The molecule has 5 nitrogen and oxygen atoms in total. The summed E-state index contributed by atoms with van der Waals surface area (Å²) in [4.78, 5) is 8.18. The molecule has 0 aromatic carbocycles. The maximum Gasteiger partial charge on any atom is 0.148 e. The van der Waals surface area contributed by atoms with E-state index in [1.807, 2.05) is 0 Å². The second-order valence-electron chi connectivity index (χ2n) is 5.05. The topological polar surface area (TPSA) is 72.0 Å². The summed E-state index contributed by atoms with van der Waals surface area (Å²) in [7, 11) is -2.94. The maximum atomic E-state index is 11.3. The predicted molar refractivity (Wildman–Crippen MR) is 71.6 cm³/mol. The van der Waals surface area contributed by atoms with Crippen molar-refractivity contribution in [3.8, 4) is 0 Å². The van der Waals surface area contributed by atoms with Crippen molar-refractivity contribution in [1.82, 2.24) is 9.97 Å². The summed E-state index contributed by atoms with van der Waals surface area (Å²) in [6.07, 6.45) is 3.15. The molecule has 1 heterocycles. The standard InChI is InChI=1S/C11H16ClN3O2S/c1-8-14-9(12)5-10(15-8)13-6-11(3-4-11)7-18(2,16)17/h5H,3-4,6-7H2,1-2H3,(H,13,14,15). The fraction of sp³-hybridized carbons (Fsp3) is 0.636. The van der Waals surface area contributed by atoms with Gasteiger partial charge in [-0.25, -0.2) is 18.4 Å². The molecule has 0 saturated heterocycles. The van der Waals surface area contributed by atoms with E-state index in [0.29, 0.717) is 23.3 Å². The van der Waals surface area contributed by atoms with E-state index in [1.165, 1.54) is 6.26 Å². The van der Waals surface area contributed by atoms with Crippen molar-refractivity contribution in [3.63, 3.8) is 0 Å². The molecule has 1 aromatic rings. The zero-order chi connectivity index (χ0) is 13.4. The molecule has 0 unspecified atom stereocenters. The first-order valence-electron chi connectivity index (χ1n) is 5.71. The van der Waals surface area contributed by atoms with Gasteiger partial charge in [-0.2, -0.15) is 0 Å². The number of aryl methyl sites for hydroxylation is 1. The number of halogens is 1. The smallest absolute Gasteiger partial charge is 0.148 e. The normalized spacial score (nSPS) is 17.5. The summed E-state index contributed by atoms with van der Waals surface area (Å²) in [5, 5.41) is 3.54. The number of nitrogens with one attached hydrogen (secondary N) is 1. The Bertz CT molecular complexity index is 535. The number of hydrogen-bond acceptors (Lipinski definition) is 5. The highest BCUT2D eigenvalue weighted by Gasteiger charge is 2.45. The van der Waals surface area contributed by atoms with Gasteiger partial charge in [0.2, 0.25) is 0 Å². The fourth-order valence-corrected chi connectivity index (χ4v) is 3.73. The van der Waals surface area contributed by atoms with E-state index in [0.717, 1.165) is 12.8 Å². The molecular weight excluding hydrogens is 274 g/mol. The van der Waals surface area contributed by atoms with Crippen molar-refractivity contribution in [2.75, 3.05) is 23.9 Å². The number of anilines is 1. The highest BCUT2D eigenvalue weighted by Crippen LogP contribution is 2.46. The lowest BCUT2D eigenvalue weighted by Crippen LogP contribution is -2.24. The van der Waals surface area contributed by atoms with Gasteiger partial charge in [-0.05, 0) is 19.8 Å².